The Bertz CT molecular complexity index is 239. The Kier molecular flexibility index (Phi) is 5.50. The van der Waals surface area contributed by atoms with Crippen LogP contribution in [-0.2, 0) is 0 Å². The second kappa shape index (κ2) is 6.91. The summed E-state index contributed by atoms with van der Waals surface area (Å²) < 4.78 is 0. The summed E-state index contributed by atoms with van der Waals surface area (Å²) in [7, 11) is 2.29. The minimum absolute atomic E-state index is 0.751. The first-order valence-corrected chi connectivity index (χ1v) is 8.09. The van der Waals surface area contributed by atoms with Crippen LogP contribution in [0.1, 0.15) is 58.8 Å². The van der Waals surface area contributed by atoms with Crippen molar-refractivity contribution in [3.05, 3.63) is 0 Å². The third kappa shape index (κ3) is 4.24. The molecule has 1 saturated heterocycles. The van der Waals surface area contributed by atoms with Crippen LogP contribution in [0.3, 0.4) is 0 Å². The summed E-state index contributed by atoms with van der Waals surface area (Å²) in [5.74, 6) is 1.82. The average molecular weight is 252 g/mol. The number of hydrogen-bond donors (Lipinski definition) is 1. The summed E-state index contributed by atoms with van der Waals surface area (Å²) in [6.45, 7) is 7.14. The molecule has 2 nitrogen and oxygen atoms in total. The molecule has 1 aliphatic heterocycles. The average Bonchev–Trinajstić information content (AvgIpc) is 2.36. The molecule has 0 aromatic heterocycles. The topological polar surface area (TPSA) is 15.3 Å². The molecular formula is C16H32N2. The van der Waals surface area contributed by atoms with E-state index in [-0.39, 0.29) is 0 Å². The van der Waals surface area contributed by atoms with E-state index < -0.39 is 0 Å². The lowest BCUT2D eigenvalue weighted by atomic mass is 9.78. The maximum atomic E-state index is 3.93. The van der Waals surface area contributed by atoms with Crippen LogP contribution in [0.2, 0.25) is 0 Å². The van der Waals surface area contributed by atoms with Gasteiger partial charge in [0.25, 0.3) is 0 Å². The number of rotatable bonds is 5. The third-order valence-electron chi connectivity index (χ3n) is 4.87. The first kappa shape index (κ1) is 14.3. The quantitative estimate of drug-likeness (QED) is 0.808. The Hall–Kier alpha value is -0.0800. The fourth-order valence-electron chi connectivity index (χ4n) is 3.66. The van der Waals surface area contributed by atoms with Crippen molar-refractivity contribution in [3.63, 3.8) is 0 Å². The van der Waals surface area contributed by atoms with E-state index in [9.17, 15) is 0 Å². The summed E-state index contributed by atoms with van der Waals surface area (Å²) >= 11 is 0. The van der Waals surface area contributed by atoms with E-state index in [4.69, 9.17) is 0 Å². The predicted molar refractivity (Wildman–Crippen MR) is 78.9 cm³/mol. The van der Waals surface area contributed by atoms with E-state index in [2.05, 4.69) is 31.1 Å². The fraction of sp³-hybridized carbons (Fsp3) is 1.00. The summed E-state index contributed by atoms with van der Waals surface area (Å²) in [5.41, 5.74) is 0. The maximum Gasteiger partial charge on any atom is 0.0197 e. The minimum atomic E-state index is 0.751. The van der Waals surface area contributed by atoms with Gasteiger partial charge in [0.15, 0.2) is 0 Å². The lowest BCUT2D eigenvalue weighted by molar-refractivity contribution is 0.151. The molecule has 2 heteroatoms. The van der Waals surface area contributed by atoms with Gasteiger partial charge in [-0.15, -0.1) is 0 Å². The summed E-state index contributed by atoms with van der Waals surface area (Å²) in [5, 5.41) is 3.93. The van der Waals surface area contributed by atoms with Crippen molar-refractivity contribution in [1.82, 2.24) is 10.2 Å². The largest absolute Gasteiger partial charge is 0.310 e. The molecule has 0 aromatic carbocycles. The molecule has 0 spiro atoms. The molecule has 1 heterocycles. The Labute approximate surface area is 114 Å². The highest BCUT2D eigenvalue weighted by atomic mass is 15.1. The second-order valence-corrected chi connectivity index (χ2v) is 7.04. The van der Waals surface area contributed by atoms with Crippen LogP contribution >= 0.6 is 0 Å². The van der Waals surface area contributed by atoms with Crippen LogP contribution in [0.4, 0.5) is 0 Å². The molecule has 1 saturated carbocycles. The summed E-state index contributed by atoms with van der Waals surface area (Å²) in [4.78, 5) is 2.53. The van der Waals surface area contributed by atoms with E-state index in [0.717, 1.165) is 23.9 Å². The molecule has 0 amide bonds. The van der Waals surface area contributed by atoms with Crippen molar-refractivity contribution >= 4 is 0 Å². The van der Waals surface area contributed by atoms with Gasteiger partial charge in [-0.05, 0) is 57.5 Å². The van der Waals surface area contributed by atoms with Crippen molar-refractivity contribution in [2.24, 2.45) is 11.8 Å². The molecule has 0 radical (unpaired) electrons. The van der Waals surface area contributed by atoms with Crippen LogP contribution in [0.15, 0.2) is 0 Å². The van der Waals surface area contributed by atoms with Gasteiger partial charge in [0.2, 0.25) is 0 Å². The van der Waals surface area contributed by atoms with Crippen molar-refractivity contribution < 1.29 is 0 Å². The van der Waals surface area contributed by atoms with Crippen molar-refractivity contribution in [2.75, 3.05) is 20.1 Å². The predicted octanol–water partition coefficient (Wildman–Crippen LogP) is 3.28. The zero-order valence-corrected chi connectivity index (χ0v) is 12.6. The van der Waals surface area contributed by atoms with Gasteiger partial charge in [-0.2, -0.15) is 0 Å². The van der Waals surface area contributed by atoms with Crippen LogP contribution in [0, 0.1) is 11.8 Å². The molecule has 1 N–H and O–H groups in total. The van der Waals surface area contributed by atoms with Crippen molar-refractivity contribution in [3.8, 4) is 0 Å². The highest BCUT2D eigenvalue weighted by Crippen LogP contribution is 2.32. The van der Waals surface area contributed by atoms with E-state index in [0.29, 0.717) is 0 Å². The molecule has 0 aromatic rings. The molecule has 3 unspecified atom stereocenters. The number of nitrogens with one attached hydrogen (secondary N) is 1. The number of nitrogens with zero attached hydrogens (tertiary/aromatic N) is 1. The normalized spacial score (nSPS) is 32.8. The van der Waals surface area contributed by atoms with Crippen LogP contribution < -0.4 is 5.32 Å². The molecule has 2 rings (SSSR count). The van der Waals surface area contributed by atoms with Crippen LogP contribution in [-0.4, -0.2) is 37.1 Å². The van der Waals surface area contributed by atoms with Gasteiger partial charge >= 0.3 is 0 Å². The van der Waals surface area contributed by atoms with Gasteiger partial charge in [-0.1, -0.05) is 26.7 Å². The molecule has 18 heavy (non-hydrogen) atoms. The standard InChI is InChI=1S/C16H32N2/c1-13(2)10-11-18(3)12-15-9-8-14-6-4-5-7-16(14)17-15/h13-17H,4-12H2,1-3H3. The number of piperidine rings is 1. The SMILES string of the molecule is CC(C)CCN(C)CC1CCC2CCCCC2N1. The van der Waals surface area contributed by atoms with Gasteiger partial charge < -0.3 is 10.2 Å². The third-order valence-corrected chi connectivity index (χ3v) is 4.87. The first-order valence-electron chi connectivity index (χ1n) is 8.09. The Morgan fingerprint density at radius 1 is 1.11 bits per heavy atom. The Morgan fingerprint density at radius 3 is 2.67 bits per heavy atom. The van der Waals surface area contributed by atoms with Gasteiger partial charge in [0.05, 0.1) is 0 Å². The molecular weight excluding hydrogens is 220 g/mol. The summed E-state index contributed by atoms with van der Waals surface area (Å²) in [6.07, 6.45) is 10.0. The lowest BCUT2D eigenvalue weighted by Gasteiger charge is -2.41. The monoisotopic (exact) mass is 252 g/mol. The molecule has 2 fully saturated rings. The van der Waals surface area contributed by atoms with E-state index >= 15 is 0 Å². The zero-order chi connectivity index (χ0) is 13.0. The van der Waals surface area contributed by atoms with Gasteiger partial charge in [-0.25, -0.2) is 0 Å². The summed E-state index contributed by atoms with van der Waals surface area (Å²) in [6, 6.07) is 1.59. The van der Waals surface area contributed by atoms with Gasteiger partial charge in [0.1, 0.15) is 0 Å². The smallest absolute Gasteiger partial charge is 0.0197 e. The number of hydrogen-bond acceptors (Lipinski definition) is 2. The van der Waals surface area contributed by atoms with E-state index in [1.54, 1.807) is 0 Å². The van der Waals surface area contributed by atoms with Crippen LogP contribution in [0.25, 0.3) is 0 Å². The van der Waals surface area contributed by atoms with Gasteiger partial charge in [0, 0.05) is 18.6 Å². The number of fused-ring (bicyclic) bond motifs is 1. The maximum absolute atomic E-state index is 3.93. The van der Waals surface area contributed by atoms with Crippen molar-refractivity contribution in [1.29, 1.82) is 0 Å². The first-order chi connectivity index (χ1) is 8.65. The fourth-order valence-corrected chi connectivity index (χ4v) is 3.66. The lowest BCUT2D eigenvalue weighted by Crippen LogP contribution is -2.52. The molecule has 2 aliphatic rings. The van der Waals surface area contributed by atoms with Gasteiger partial charge in [-0.3, -0.25) is 0 Å². The molecule has 1 aliphatic carbocycles. The highest BCUT2D eigenvalue weighted by molar-refractivity contribution is 4.90. The van der Waals surface area contributed by atoms with E-state index in [1.165, 1.54) is 58.0 Å². The minimum Gasteiger partial charge on any atom is -0.310 e. The molecule has 106 valence electrons. The van der Waals surface area contributed by atoms with E-state index in [1.807, 2.05) is 0 Å². The molecule has 3 atom stereocenters. The Balaban J connectivity index is 1.70. The van der Waals surface area contributed by atoms with Crippen molar-refractivity contribution in [2.45, 2.75) is 70.9 Å². The highest BCUT2D eigenvalue weighted by Gasteiger charge is 2.31. The Morgan fingerprint density at radius 2 is 1.89 bits per heavy atom. The van der Waals surface area contributed by atoms with Crippen LogP contribution in [0.5, 0.6) is 0 Å². The molecule has 0 bridgehead atoms. The zero-order valence-electron chi connectivity index (χ0n) is 12.6. The second-order valence-electron chi connectivity index (χ2n) is 7.04. The number of likely N-dealkylation sites (N-methyl/N-ethyl adjacent to an activating group) is 1.